The molecular formula is C39H42N6. The predicted molar refractivity (Wildman–Crippen MR) is 194 cm³/mol. The van der Waals surface area contributed by atoms with Gasteiger partial charge in [0.1, 0.15) is 11.7 Å². The summed E-state index contributed by atoms with van der Waals surface area (Å²) >= 11 is 0. The molecule has 0 amide bonds. The third-order valence-corrected chi connectivity index (χ3v) is 9.64. The van der Waals surface area contributed by atoms with Crippen LogP contribution in [-0.2, 0) is 0 Å². The van der Waals surface area contributed by atoms with E-state index >= 15 is 0 Å². The van der Waals surface area contributed by atoms with Gasteiger partial charge in [-0.2, -0.15) is 0 Å². The Labute approximate surface area is 266 Å². The Balaban J connectivity index is 1.41. The van der Waals surface area contributed by atoms with Gasteiger partial charge in [0.05, 0.1) is 12.2 Å². The first-order chi connectivity index (χ1) is 21.8. The summed E-state index contributed by atoms with van der Waals surface area (Å²) in [5, 5.41) is 16.4. The average Bonchev–Trinajstić information content (AvgIpc) is 3.36. The van der Waals surface area contributed by atoms with E-state index in [1.807, 2.05) is 31.2 Å². The number of anilines is 4. The molecule has 6 nitrogen and oxygen atoms in total. The molecule has 0 unspecified atom stereocenters. The maximum absolute atomic E-state index is 8.98. The maximum Gasteiger partial charge on any atom is 0.154 e. The second kappa shape index (κ2) is 11.2. The fourth-order valence-corrected chi connectivity index (χ4v) is 7.39. The van der Waals surface area contributed by atoms with Crippen LogP contribution in [0.5, 0.6) is 0 Å². The Kier molecular flexibility index (Phi) is 7.16. The van der Waals surface area contributed by atoms with E-state index in [9.17, 15) is 0 Å². The van der Waals surface area contributed by atoms with Crippen LogP contribution >= 0.6 is 0 Å². The molecule has 2 aliphatic heterocycles. The van der Waals surface area contributed by atoms with Crippen LogP contribution in [0.3, 0.4) is 0 Å². The van der Waals surface area contributed by atoms with Crippen molar-refractivity contribution in [2.75, 3.05) is 60.0 Å². The number of likely N-dealkylation sites (N-methyl/N-ethyl adjacent to an activating group) is 2. The Bertz CT molecular complexity index is 2030. The van der Waals surface area contributed by atoms with Crippen LogP contribution in [0.25, 0.3) is 32.7 Å². The number of hydrogen-bond acceptors (Lipinski definition) is 4. The highest BCUT2D eigenvalue weighted by Gasteiger charge is 2.37. The Morgan fingerprint density at radius 3 is 2.27 bits per heavy atom. The number of aryl methyl sites for hydroxylation is 2. The van der Waals surface area contributed by atoms with Gasteiger partial charge in [-0.15, -0.1) is 0 Å². The van der Waals surface area contributed by atoms with Crippen molar-refractivity contribution in [3.8, 4) is 11.1 Å². The van der Waals surface area contributed by atoms with Crippen molar-refractivity contribution in [3.63, 3.8) is 0 Å². The van der Waals surface area contributed by atoms with Crippen molar-refractivity contribution in [1.29, 1.82) is 5.41 Å². The molecule has 0 radical (unpaired) electrons. The predicted octanol–water partition coefficient (Wildman–Crippen LogP) is 8.47. The van der Waals surface area contributed by atoms with Gasteiger partial charge in [0.25, 0.3) is 0 Å². The van der Waals surface area contributed by atoms with E-state index < -0.39 is 0 Å². The van der Waals surface area contributed by atoms with Gasteiger partial charge in [-0.3, -0.25) is 5.41 Å². The van der Waals surface area contributed by atoms with Gasteiger partial charge < -0.3 is 19.7 Å². The van der Waals surface area contributed by atoms with Gasteiger partial charge in [0.2, 0.25) is 0 Å². The number of benzene rings is 4. The van der Waals surface area contributed by atoms with Crippen molar-refractivity contribution < 1.29 is 0 Å². The maximum atomic E-state index is 8.98. The normalized spacial score (nSPS) is 15.2. The first-order valence-corrected chi connectivity index (χ1v) is 15.9. The molecule has 7 rings (SSSR count). The van der Waals surface area contributed by atoms with Crippen LogP contribution < -0.4 is 19.7 Å². The van der Waals surface area contributed by atoms with Crippen LogP contribution in [0.4, 0.5) is 23.0 Å². The molecule has 1 aromatic heterocycles. The number of allylic oxidation sites excluding steroid dienone is 3. The Morgan fingerprint density at radius 2 is 1.49 bits per heavy atom. The van der Waals surface area contributed by atoms with Crippen LogP contribution in [0.2, 0.25) is 0 Å². The van der Waals surface area contributed by atoms with Crippen molar-refractivity contribution in [1.82, 2.24) is 4.68 Å². The zero-order valence-electron chi connectivity index (χ0n) is 27.2. The molecule has 0 saturated heterocycles. The number of rotatable bonds is 4. The van der Waals surface area contributed by atoms with Gasteiger partial charge in [-0.25, -0.2) is 4.68 Å². The molecule has 3 heterocycles. The first-order valence-electron chi connectivity index (χ1n) is 15.9. The lowest BCUT2D eigenvalue weighted by atomic mass is 9.90. The van der Waals surface area contributed by atoms with Crippen LogP contribution in [-0.4, -0.2) is 50.8 Å². The standard InChI is InChI=1S/C39H42N6/c1-7-8-9-17-35(40)44-22-20-41(5)39-37(44)28(4)38-43(23-21-42(6)45(38)39)34-19-18-29-15-12-16-32(36(29)27(34)3)33-25-31-14-11-10-13-30(31)24-26(33)2/h7-19,24-25,40H,20-23H2,1-6H3/b8-7-,17-9-,40-35?. The van der Waals surface area contributed by atoms with E-state index in [0.29, 0.717) is 5.84 Å². The van der Waals surface area contributed by atoms with E-state index in [2.05, 4.69) is 126 Å². The lowest BCUT2D eigenvalue weighted by Gasteiger charge is -2.41. The number of amidine groups is 1. The SMILES string of the molecule is C/C=C\C=C/C(=N)N1CCN(C)c2c1c(C)c1n2N(C)CCN1c1ccc2cccc(-c3cc4ccccc4cc3C)c2c1C. The second-order valence-corrected chi connectivity index (χ2v) is 12.4. The largest absolute Gasteiger partial charge is 0.356 e. The number of nitrogens with one attached hydrogen (secondary N) is 1. The second-order valence-electron chi connectivity index (χ2n) is 12.4. The van der Waals surface area contributed by atoms with Crippen LogP contribution in [0.1, 0.15) is 23.6 Å². The number of fused-ring (bicyclic) bond motifs is 5. The minimum Gasteiger partial charge on any atom is -0.356 e. The molecule has 0 fully saturated rings. The molecule has 2 aliphatic rings. The molecule has 0 spiro atoms. The lowest BCUT2D eigenvalue weighted by Crippen LogP contribution is -2.47. The quantitative estimate of drug-likeness (QED) is 0.129. The van der Waals surface area contributed by atoms with Crippen molar-refractivity contribution >= 4 is 50.4 Å². The smallest absolute Gasteiger partial charge is 0.154 e. The molecule has 0 saturated carbocycles. The molecular weight excluding hydrogens is 552 g/mol. The summed E-state index contributed by atoms with van der Waals surface area (Å²) in [5.74, 6) is 2.84. The molecule has 5 aromatic rings. The Morgan fingerprint density at radius 1 is 0.733 bits per heavy atom. The van der Waals surface area contributed by atoms with E-state index in [-0.39, 0.29) is 0 Å². The third-order valence-electron chi connectivity index (χ3n) is 9.64. The molecule has 4 aromatic carbocycles. The summed E-state index contributed by atoms with van der Waals surface area (Å²) in [5.41, 5.74) is 8.70. The summed E-state index contributed by atoms with van der Waals surface area (Å²) in [4.78, 5) is 7.03. The highest BCUT2D eigenvalue weighted by atomic mass is 15.6. The monoisotopic (exact) mass is 594 g/mol. The summed E-state index contributed by atoms with van der Waals surface area (Å²) in [6.45, 7) is 12.2. The number of nitrogens with zero attached hydrogens (tertiary/aromatic N) is 5. The minimum atomic E-state index is 0.514. The summed E-state index contributed by atoms with van der Waals surface area (Å²) in [6, 6.07) is 24.6. The van der Waals surface area contributed by atoms with Gasteiger partial charge in [0, 0.05) is 45.0 Å². The van der Waals surface area contributed by atoms with E-state index in [1.165, 1.54) is 60.9 Å². The highest BCUT2D eigenvalue weighted by Crippen LogP contribution is 2.48. The van der Waals surface area contributed by atoms with Gasteiger partial charge >= 0.3 is 0 Å². The fourth-order valence-electron chi connectivity index (χ4n) is 7.39. The third kappa shape index (κ3) is 4.59. The molecule has 0 atom stereocenters. The van der Waals surface area contributed by atoms with Crippen molar-refractivity contribution in [2.45, 2.75) is 27.7 Å². The molecule has 1 N–H and O–H groups in total. The highest BCUT2D eigenvalue weighted by molar-refractivity contribution is 6.08. The summed E-state index contributed by atoms with van der Waals surface area (Å²) in [6.07, 6.45) is 7.83. The van der Waals surface area contributed by atoms with E-state index in [1.54, 1.807) is 0 Å². The molecule has 6 heteroatoms. The molecule has 45 heavy (non-hydrogen) atoms. The zero-order chi connectivity index (χ0) is 31.4. The minimum absolute atomic E-state index is 0.514. The molecule has 0 bridgehead atoms. The van der Waals surface area contributed by atoms with E-state index in [0.717, 1.165) is 37.7 Å². The van der Waals surface area contributed by atoms with Crippen molar-refractivity contribution in [3.05, 3.63) is 108 Å². The summed E-state index contributed by atoms with van der Waals surface area (Å²) in [7, 11) is 4.35. The number of aromatic nitrogens is 1. The summed E-state index contributed by atoms with van der Waals surface area (Å²) < 4.78 is 2.38. The number of hydrogen-bond donors (Lipinski definition) is 1. The topological polar surface area (TPSA) is 41.7 Å². The lowest BCUT2D eigenvalue weighted by molar-refractivity contribution is 0.597. The molecule has 228 valence electrons. The van der Waals surface area contributed by atoms with Gasteiger partial charge in [0.15, 0.2) is 5.82 Å². The van der Waals surface area contributed by atoms with Crippen LogP contribution in [0, 0.1) is 26.2 Å². The molecule has 0 aliphatic carbocycles. The van der Waals surface area contributed by atoms with Crippen LogP contribution in [0.15, 0.2) is 91.0 Å². The van der Waals surface area contributed by atoms with Gasteiger partial charge in [-0.1, -0.05) is 72.8 Å². The van der Waals surface area contributed by atoms with Crippen molar-refractivity contribution in [2.24, 2.45) is 0 Å². The average molecular weight is 595 g/mol. The van der Waals surface area contributed by atoms with Gasteiger partial charge in [-0.05, 0) is 89.7 Å². The first kappa shape index (κ1) is 28.8. The fraction of sp³-hybridized carbons (Fsp3) is 0.256. The Hall–Kier alpha value is -4.97. The van der Waals surface area contributed by atoms with E-state index in [4.69, 9.17) is 5.41 Å². The zero-order valence-corrected chi connectivity index (χ0v) is 27.2.